The molecule has 1 saturated heterocycles. The number of nitrogens with one attached hydrogen (secondary N) is 1. The Morgan fingerprint density at radius 1 is 0.795 bits per heavy atom. The van der Waals surface area contributed by atoms with Crippen LogP contribution in [0, 0.1) is 20.8 Å². The Kier molecular flexibility index (Phi) is 6.63. The van der Waals surface area contributed by atoms with Crippen molar-refractivity contribution < 1.29 is 4.74 Å². The highest BCUT2D eigenvalue weighted by atomic mass is 32.1. The van der Waals surface area contributed by atoms with Gasteiger partial charge in [-0.2, -0.15) is 0 Å². The first-order chi connectivity index (χ1) is 19.0. The first-order valence-corrected chi connectivity index (χ1v) is 13.5. The van der Waals surface area contributed by atoms with E-state index < -0.39 is 0 Å². The Balaban J connectivity index is 1.41. The zero-order valence-corrected chi connectivity index (χ0v) is 23.0. The lowest BCUT2D eigenvalue weighted by Crippen LogP contribution is -2.29. The maximum absolute atomic E-state index is 6.16. The number of benzene rings is 3. The van der Waals surface area contributed by atoms with Crippen LogP contribution in [0.5, 0.6) is 11.5 Å². The molecule has 1 aliphatic rings. The summed E-state index contributed by atoms with van der Waals surface area (Å²) in [5.41, 5.74) is 7.76. The summed E-state index contributed by atoms with van der Waals surface area (Å²) in [6, 6.07) is 34.8. The number of ether oxygens (including phenoxy) is 1. The number of pyridine rings is 1. The minimum Gasteiger partial charge on any atom is -0.457 e. The monoisotopic (exact) mass is 530 g/mol. The quantitative estimate of drug-likeness (QED) is 0.227. The number of hydrogen-bond acceptors (Lipinski definition) is 3. The topological polar surface area (TPSA) is 42.3 Å². The number of thiocarbonyl (C=S) groups is 1. The predicted molar refractivity (Wildman–Crippen MR) is 161 cm³/mol. The van der Waals surface area contributed by atoms with Gasteiger partial charge in [-0.15, -0.1) is 0 Å². The molecule has 1 fully saturated rings. The van der Waals surface area contributed by atoms with E-state index in [1.165, 1.54) is 17.0 Å². The minimum absolute atomic E-state index is 0.0841. The lowest BCUT2D eigenvalue weighted by molar-refractivity contribution is 0.479. The summed E-state index contributed by atoms with van der Waals surface area (Å²) < 4.78 is 8.47. The number of hydrogen-bond donors (Lipinski definition) is 1. The third kappa shape index (κ3) is 4.68. The second kappa shape index (κ2) is 10.4. The fourth-order valence-corrected chi connectivity index (χ4v) is 5.83. The van der Waals surface area contributed by atoms with E-state index in [2.05, 4.69) is 77.2 Å². The smallest absolute Gasteiger partial charge is 0.174 e. The Morgan fingerprint density at radius 3 is 2.23 bits per heavy atom. The van der Waals surface area contributed by atoms with Crippen LogP contribution in [0.2, 0.25) is 0 Å². The van der Waals surface area contributed by atoms with Crippen molar-refractivity contribution in [2.75, 3.05) is 4.90 Å². The molecule has 6 rings (SSSR count). The van der Waals surface area contributed by atoms with Crippen molar-refractivity contribution >= 4 is 23.0 Å². The van der Waals surface area contributed by atoms with Crippen LogP contribution in [-0.4, -0.2) is 14.7 Å². The Hall–Kier alpha value is -4.42. The van der Waals surface area contributed by atoms with Gasteiger partial charge in [0.2, 0.25) is 0 Å². The molecular weight excluding hydrogens is 500 g/mol. The van der Waals surface area contributed by atoms with Gasteiger partial charge < -0.3 is 19.5 Å². The molecule has 0 saturated carbocycles. The van der Waals surface area contributed by atoms with Gasteiger partial charge in [0.15, 0.2) is 5.11 Å². The van der Waals surface area contributed by atoms with Crippen molar-refractivity contribution in [2.45, 2.75) is 32.9 Å². The van der Waals surface area contributed by atoms with E-state index in [1.54, 1.807) is 0 Å². The Bertz CT molecular complexity index is 1610. The highest BCUT2D eigenvalue weighted by molar-refractivity contribution is 7.80. The molecule has 0 unspecified atom stereocenters. The highest BCUT2D eigenvalue weighted by Gasteiger charge is 2.42. The minimum atomic E-state index is -0.105. The summed E-state index contributed by atoms with van der Waals surface area (Å²) in [7, 11) is 0. The van der Waals surface area contributed by atoms with Crippen molar-refractivity contribution in [3.8, 4) is 17.2 Å². The Labute approximate surface area is 234 Å². The van der Waals surface area contributed by atoms with E-state index in [0.29, 0.717) is 5.11 Å². The number of anilines is 1. The predicted octanol–water partition coefficient (Wildman–Crippen LogP) is 7.77. The van der Waals surface area contributed by atoms with E-state index in [4.69, 9.17) is 21.9 Å². The van der Waals surface area contributed by atoms with E-state index >= 15 is 0 Å². The van der Waals surface area contributed by atoms with Gasteiger partial charge in [0.25, 0.3) is 0 Å². The van der Waals surface area contributed by atoms with Gasteiger partial charge >= 0.3 is 0 Å². The third-order valence-corrected chi connectivity index (χ3v) is 7.65. The van der Waals surface area contributed by atoms with E-state index in [-0.39, 0.29) is 12.1 Å². The summed E-state index contributed by atoms with van der Waals surface area (Å²) in [5.74, 6) is 1.64. The van der Waals surface area contributed by atoms with Gasteiger partial charge in [-0.05, 0) is 105 Å². The molecule has 0 amide bonds. The molecule has 39 heavy (non-hydrogen) atoms. The molecule has 2 atom stereocenters. The molecule has 3 heterocycles. The number of aromatic nitrogens is 2. The first-order valence-electron chi connectivity index (χ1n) is 13.1. The molecule has 0 spiro atoms. The van der Waals surface area contributed by atoms with Gasteiger partial charge in [-0.3, -0.25) is 4.98 Å². The molecule has 1 N–H and O–H groups in total. The van der Waals surface area contributed by atoms with Crippen molar-refractivity contribution in [1.29, 1.82) is 0 Å². The van der Waals surface area contributed by atoms with Gasteiger partial charge in [-0.1, -0.05) is 42.5 Å². The van der Waals surface area contributed by atoms with Crippen LogP contribution in [0.1, 0.15) is 40.3 Å². The molecule has 194 valence electrons. The number of rotatable bonds is 6. The largest absolute Gasteiger partial charge is 0.457 e. The molecule has 0 aliphatic carbocycles. The maximum atomic E-state index is 6.16. The van der Waals surface area contributed by atoms with Crippen molar-refractivity contribution in [1.82, 2.24) is 14.9 Å². The molecule has 6 heteroatoms. The zero-order chi connectivity index (χ0) is 26.9. The van der Waals surface area contributed by atoms with Crippen LogP contribution in [0.15, 0.2) is 109 Å². The molecular formula is C33H30N4OS. The number of aryl methyl sites for hydroxylation is 2. The van der Waals surface area contributed by atoms with Gasteiger partial charge in [-0.25, -0.2) is 0 Å². The summed E-state index contributed by atoms with van der Waals surface area (Å²) in [5, 5.41) is 4.25. The SMILES string of the molecule is Cc1ccccc1Oc1ccc(N2C(=S)N[C@@H](c3ccccn3)[C@@H]2c2cc(C)n(-c3ccccc3)c2C)cc1. The lowest BCUT2D eigenvalue weighted by atomic mass is 9.96. The molecule has 2 aromatic heterocycles. The highest BCUT2D eigenvalue weighted by Crippen LogP contribution is 2.44. The van der Waals surface area contributed by atoms with Crippen LogP contribution in [-0.2, 0) is 0 Å². The molecule has 3 aromatic carbocycles. The third-order valence-electron chi connectivity index (χ3n) is 7.34. The molecule has 5 aromatic rings. The zero-order valence-electron chi connectivity index (χ0n) is 22.2. The standard InChI is InChI=1S/C33H30N4OS/c1-22-11-7-8-15-30(22)38-27-18-16-26(17-19-27)37-32(31(35-33(37)39)29-14-9-10-20-34-29)28-21-23(2)36(24(28)3)25-12-5-4-6-13-25/h4-21,31-32H,1-3H3,(H,35,39)/t31-,32-/m0/s1. The summed E-state index contributed by atoms with van der Waals surface area (Å²) >= 11 is 5.96. The van der Waals surface area contributed by atoms with Crippen LogP contribution < -0.4 is 15.0 Å². The van der Waals surface area contributed by atoms with Crippen LogP contribution in [0.25, 0.3) is 5.69 Å². The molecule has 0 bridgehead atoms. The summed E-state index contributed by atoms with van der Waals surface area (Å²) in [6.45, 7) is 6.39. The van der Waals surface area contributed by atoms with Gasteiger partial charge in [0.1, 0.15) is 11.5 Å². The van der Waals surface area contributed by atoms with Gasteiger partial charge in [0.05, 0.1) is 17.8 Å². The molecule has 5 nitrogen and oxygen atoms in total. The van der Waals surface area contributed by atoms with Crippen LogP contribution in [0.3, 0.4) is 0 Å². The number of para-hydroxylation sites is 2. The van der Waals surface area contributed by atoms with Crippen LogP contribution >= 0.6 is 12.2 Å². The average molecular weight is 531 g/mol. The lowest BCUT2D eigenvalue weighted by Gasteiger charge is -2.28. The molecule has 0 radical (unpaired) electrons. The van der Waals surface area contributed by atoms with E-state index in [9.17, 15) is 0 Å². The second-order valence-electron chi connectivity index (χ2n) is 9.86. The van der Waals surface area contributed by atoms with Crippen molar-refractivity contribution in [2.24, 2.45) is 0 Å². The average Bonchev–Trinajstić information content (AvgIpc) is 3.46. The Morgan fingerprint density at radius 2 is 1.51 bits per heavy atom. The van der Waals surface area contributed by atoms with Crippen molar-refractivity contribution in [3.63, 3.8) is 0 Å². The van der Waals surface area contributed by atoms with E-state index in [1.807, 2.05) is 67.7 Å². The summed E-state index contributed by atoms with van der Waals surface area (Å²) in [4.78, 5) is 6.92. The second-order valence-corrected chi connectivity index (χ2v) is 10.2. The number of nitrogens with zero attached hydrogens (tertiary/aromatic N) is 3. The normalized spacial score (nSPS) is 16.8. The maximum Gasteiger partial charge on any atom is 0.174 e. The molecule has 1 aliphatic heterocycles. The fraction of sp³-hybridized carbons (Fsp3) is 0.152. The van der Waals surface area contributed by atoms with Gasteiger partial charge in [0, 0.05) is 29.0 Å². The van der Waals surface area contributed by atoms with Crippen LogP contribution in [0.4, 0.5) is 5.69 Å². The first kappa shape index (κ1) is 24.9. The van der Waals surface area contributed by atoms with E-state index in [0.717, 1.165) is 34.1 Å². The summed E-state index contributed by atoms with van der Waals surface area (Å²) in [6.07, 6.45) is 1.84. The fourth-order valence-electron chi connectivity index (χ4n) is 5.48. The van der Waals surface area contributed by atoms with Crippen molar-refractivity contribution in [3.05, 3.63) is 138 Å².